The number of ether oxygens (including phenoxy) is 1. The standard InChI is InChI=1S/C26H22F3N5O2/c1-17-25-23(3-2-4-24(25)36-12-18-5-7-19(27)8-6-18)32-34(17)14-26(35,13-33-16-30-15-31-33)21-10-9-20(28)11-22(21)29/h2-11,15-16,35H,12-14H2,1H3. The van der Waals surface area contributed by atoms with Gasteiger partial charge in [-0.15, -0.1) is 0 Å². The molecule has 0 amide bonds. The summed E-state index contributed by atoms with van der Waals surface area (Å²) in [7, 11) is 0. The van der Waals surface area contributed by atoms with Gasteiger partial charge in [0.1, 0.15) is 48.1 Å². The molecule has 0 bridgehead atoms. The first-order valence-electron chi connectivity index (χ1n) is 11.2. The lowest BCUT2D eigenvalue weighted by molar-refractivity contribution is -0.00880. The van der Waals surface area contributed by atoms with E-state index in [2.05, 4.69) is 15.2 Å². The molecular formula is C26H22F3N5O2. The topological polar surface area (TPSA) is 78.0 Å². The molecule has 36 heavy (non-hydrogen) atoms. The molecule has 0 spiro atoms. The van der Waals surface area contributed by atoms with Gasteiger partial charge in [-0.2, -0.15) is 10.2 Å². The van der Waals surface area contributed by atoms with Gasteiger partial charge in [-0.1, -0.05) is 24.3 Å². The van der Waals surface area contributed by atoms with Crippen LogP contribution >= 0.6 is 0 Å². The fraction of sp³-hybridized carbons (Fsp3) is 0.192. The van der Waals surface area contributed by atoms with Crippen LogP contribution in [-0.2, 0) is 25.3 Å². The summed E-state index contributed by atoms with van der Waals surface area (Å²) in [6.45, 7) is 1.75. The molecule has 184 valence electrons. The monoisotopic (exact) mass is 493 g/mol. The zero-order chi connectivity index (χ0) is 25.3. The SMILES string of the molecule is Cc1c2c(OCc3ccc(F)cc3)cccc2nn1CC(O)(Cn1cncn1)c1ccc(F)cc1F. The van der Waals surface area contributed by atoms with E-state index in [1.165, 1.54) is 35.5 Å². The average molecular weight is 493 g/mol. The number of benzene rings is 3. The lowest BCUT2D eigenvalue weighted by Gasteiger charge is -2.29. The summed E-state index contributed by atoms with van der Waals surface area (Å²) >= 11 is 0. The molecule has 10 heteroatoms. The first-order valence-corrected chi connectivity index (χ1v) is 11.2. The molecule has 1 atom stereocenters. The van der Waals surface area contributed by atoms with E-state index < -0.39 is 17.2 Å². The molecule has 2 aromatic heterocycles. The van der Waals surface area contributed by atoms with E-state index in [-0.39, 0.29) is 31.1 Å². The summed E-state index contributed by atoms with van der Waals surface area (Å²) in [5.41, 5.74) is 0.178. The highest BCUT2D eigenvalue weighted by Gasteiger charge is 2.35. The van der Waals surface area contributed by atoms with Crippen LogP contribution in [0.2, 0.25) is 0 Å². The lowest BCUT2D eigenvalue weighted by atomic mass is 9.92. The lowest BCUT2D eigenvalue weighted by Crippen LogP contribution is -2.38. The van der Waals surface area contributed by atoms with Crippen LogP contribution in [0.4, 0.5) is 13.2 Å². The molecule has 1 unspecified atom stereocenters. The van der Waals surface area contributed by atoms with Gasteiger partial charge < -0.3 is 9.84 Å². The number of hydrogen-bond donors (Lipinski definition) is 1. The number of aliphatic hydroxyl groups is 1. The van der Waals surface area contributed by atoms with Gasteiger partial charge in [0, 0.05) is 17.3 Å². The van der Waals surface area contributed by atoms with Gasteiger partial charge in [0.2, 0.25) is 0 Å². The van der Waals surface area contributed by atoms with Crippen molar-refractivity contribution in [3.05, 3.63) is 108 Å². The molecule has 0 aliphatic rings. The van der Waals surface area contributed by atoms with E-state index in [4.69, 9.17) is 4.74 Å². The Morgan fingerprint density at radius 3 is 2.47 bits per heavy atom. The molecule has 0 radical (unpaired) electrons. The Balaban J connectivity index is 1.50. The van der Waals surface area contributed by atoms with Crippen LogP contribution < -0.4 is 4.74 Å². The summed E-state index contributed by atoms with van der Waals surface area (Å²) in [5.74, 6) is -1.39. The summed E-state index contributed by atoms with van der Waals surface area (Å²) in [6.07, 6.45) is 2.71. The maximum atomic E-state index is 14.8. The Kier molecular flexibility index (Phi) is 6.19. The van der Waals surface area contributed by atoms with Crippen LogP contribution in [0.3, 0.4) is 0 Å². The van der Waals surface area contributed by atoms with E-state index in [0.29, 0.717) is 17.0 Å². The smallest absolute Gasteiger partial charge is 0.137 e. The molecule has 3 aromatic carbocycles. The molecule has 0 aliphatic carbocycles. The molecule has 2 heterocycles. The largest absolute Gasteiger partial charge is 0.488 e. The van der Waals surface area contributed by atoms with Crippen molar-refractivity contribution >= 4 is 10.9 Å². The van der Waals surface area contributed by atoms with Crippen LogP contribution in [0.15, 0.2) is 73.3 Å². The number of hydrogen-bond acceptors (Lipinski definition) is 5. The van der Waals surface area contributed by atoms with Crippen molar-refractivity contribution in [2.45, 2.75) is 32.2 Å². The first kappa shape index (κ1) is 23.6. The number of fused-ring (bicyclic) bond motifs is 1. The molecule has 5 aromatic rings. The third kappa shape index (κ3) is 4.67. The zero-order valence-corrected chi connectivity index (χ0v) is 19.3. The van der Waals surface area contributed by atoms with Crippen molar-refractivity contribution < 1.29 is 23.0 Å². The van der Waals surface area contributed by atoms with Crippen molar-refractivity contribution in [2.24, 2.45) is 0 Å². The fourth-order valence-corrected chi connectivity index (χ4v) is 4.23. The van der Waals surface area contributed by atoms with Crippen LogP contribution in [-0.4, -0.2) is 29.7 Å². The predicted molar refractivity (Wildman–Crippen MR) is 125 cm³/mol. The van der Waals surface area contributed by atoms with E-state index in [0.717, 1.165) is 23.1 Å². The fourth-order valence-electron chi connectivity index (χ4n) is 4.23. The van der Waals surface area contributed by atoms with Gasteiger partial charge >= 0.3 is 0 Å². The number of halogens is 3. The summed E-state index contributed by atoms with van der Waals surface area (Å²) in [4.78, 5) is 3.88. The van der Waals surface area contributed by atoms with Crippen LogP contribution in [0.1, 0.15) is 16.8 Å². The van der Waals surface area contributed by atoms with E-state index in [9.17, 15) is 18.3 Å². The average Bonchev–Trinajstić information content (AvgIpc) is 3.46. The van der Waals surface area contributed by atoms with Gasteiger partial charge in [-0.3, -0.25) is 4.68 Å². The van der Waals surface area contributed by atoms with Crippen molar-refractivity contribution in [1.82, 2.24) is 24.5 Å². The number of aromatic nitrogens is 5. The Morgan fingerprint density at radius 2 is 1.75 bits per heavy atom. The van der Waals surface area contributed by atoms with Crippen molar-refractivity contribution in [3.8, 4) is 5.75 Å². The molecule has 0 saturated carbocycles. The molecule has 5 rings (SSSR count). The van der Waals surface area contributed by atoms with E-state index >= 15 is 0 Å². The Morgan fingerprint density at radius 1 is 0.972 bits per heavy atom. The maximum Gasteiger partial charge on any atom is 0.137 e. The second-order valence-electron chi connectivity index (χ2n) is 8.56. The Labute approximate surface area is 204 Å². The highest BCUT2D eigenvalue weighted by molar-refractivity contribution is 5.87. The highest BCUT2D eigenvalue weighted by Crippen LogP contribution is 2.33. The van der Waals surface area contributed by atoms with Crippen LogP contribution in [0.25, 0.3) is 10.9 Å². The van der Waals surface area contributed by atoms with E-state index in [1.54, 1.807) is 35.0 Å². The van der Waals surface area contributed by atoms with Gasteiger partial charge in [0.25, 0.3) is 0 Å². The zero-order valence-electron chi connectivity index (χ0n) is 19.3. The van der Waals surface area contributed by atoms with Crippen LogP contribution in [0, 0.1) is 24.4 Å². The summed E-state index contributed by atoms with van der Waals surface area (Å²) < 4.78 is 50.6. The van der Waals surface area contributed by atoms with Gasteiger partial charge in [0.05, 0.1) is 24.0 Å². The third-order valence-corrected chi connectivity index (χ3v) is 6.02. The highest BCUT2D eigenvalue weighted by atomic mass is 19.1. The van der Waals surface area contributed by atoms with E-state index in [1.807, 2.05) is 6.92 Å². The Hall–Kier alpha value is -4.18. The predicted octanol–water partition coefficient (Wildman–Crippen LogP) is 4.52. The van der Waals surface area contributed by atoms with Gasteiger partial charge in [-0.25, -0.2) is 22.8 Å². The van der Waals surface area contributed by atoms with Gasteiger partial charge in [-0.05, 0) is 42.8 Å². The van der Waals surface area contributed by atoms with Crippen molar-refractivity contribution in [2.75, 3.05) is 0 Å². The second-order valence-corrected chi connectivity index (χ2v) is 8.56. The number of nitrogens with zero attached hydrogens (tertiary/aromatic N) is 5. The van der Waals surface area contributed by atoms with Crippen molar-refractivity contribution in [1.29, 1.82) is 0 Å². The summed E-state index contributed by atoms with van der Waals surface area (Å²) in [6, 6.07) is 14.5. The molecule has 0 fully saturated rings. The van der Waals surface area contributed by atoms with Crippen LogP contribution in [0.5, 0.6) is 5.75 Å². The normalized spacial score (nSPS) is 13.1. The quantitative estimate of drug-likeness (QED) is 0.344. The summed E-state index contributed by atoms with van der Waals surface area (Å²) in [5, 5.41) is 21.1. The first-order chi connectivity index (χ1) is 17.3. The Bertz CT molecular complexity index is 1500. The minimum Gasteiger partial charge on any atom is -0.488 e. The number of aryl methyl sites for hydroxylation is 1. The third-order valence-electron chi connectivity index (χ3n) is 6.02. The molecule has 0 saturated heterocycles. The minimum absolute atomic E-state index is 0.0915. The molecular weight excluding hydrogens is 471 g/mol. The van der Waals surface area contributed by atoms with Crippen molar-refractivity contribution in [3.63, 3.8) is 0 Å². The minimum atomic E-state index is -1.83. The second kappa shape index (κ2) is 9.46. The number of rotatable bonds is 8. The maximum absolute atomic E-state index is 14.8. The molecule has 7 nitrogen and oxygen atoms in total. The molecule has 0 aliphatic heterocycles. The van der Waals surface area contributed by atoms with Gasteiger partial charge in [0.15, 0.2) is 0 Å². The molecule has 1 N–H and O–H groups in total.